The highest BCUT2D eigenvalue weighted by molar-refractivity contribution is 5.66. The van der Waals surface area contributed by atoms with Gasteiger partial charge in [0.25, 0.3) is 0 Å². The summed E-state index contributed by atoms with van der Waals surface area (Å²) in [6.07, 6.45) is 21.2. The van der Waals surface area contributed by atoms with Gasteiger partial charge in [-0.2, -0.15) is 0 Å². The molecule has 0 spiro atoms. The zero-order valence-electron chi connectivity index (χ0n) is 25.5. The molecular formula is C30H64N2O8. The van der Waals surface area contributed by atoms with Crippen molar-refractivity contribution < 1.29 is 40.5 Å². The van der Waals surface area contributed by atoms with Crippen LogP contribution in [-0.4, -0.2) is 130 Å². The van der Waals surface area contributed by atoms with E-state index in [0.29, 0.717) is 45.7 Å². The number of carboxylic acid groups (broad SMARTS) is 1. The van der Waals surface area contributed by atoms with Gasteiger partial charge in [0, 0.05) is 45.7 Å². The van der Waals surface area contributed by atoms with Gasteiger partial charge in [0.2, 0.25) is 0 Å². The number of aliphatic hydroxyl groups excluding tert-OH is 6. The quantitative estimate of drug-likeness (QED) is 0.0567. The summed E-state index contributed by atoms with van der Waals surface area (Å²) in [5.41, 5.74) is 0. The summed E-state index contributed by atoms with van der Waals surface area (Å²) in [4.78, 5) is 13.9. The molecule has 0 atom stereocenters. The predicted octanol–water partition coefficient (Wildman–Crippen LogP) is 2.64. The molecule has 0 fully saturated rings. The number of carboxylic acids is 1. The molecule has 0 aromatic heterocycles. The molecule has 0 aliphatic carbocycles. The molecule has 0 unspecified atom stereocenters. The Kier molecular flexibility index (Phi) is 43.4. The maximum absolute atomic E-state index is 10.3. The average Bonchev–Trinajstić information content (AvgIpc) is 2.92. The van der Waals surface area contributed by atoms with Crippen LogP contribution in [0.1, 0.15) is 96.8 Å². The van der Waals surface area contributed by atoms with E-state index in [4.69, 9.17) is 35.7 Å². The van der Waals surface area contributed by atoms with Gasteiger partial charge in [0.1, 0.15) is 0 Å². The number of nitrogens with zero attached hydrogens (tertiary/aromatic N) is 2. The Morgan fingerprint density at radius 1 is 0.500 bits per heavy atom. The standard InChI is InChI=1S/C18H34O2.2C6H15NO3/c1-2-3-4-5-6-7-8-9-10-11-12-13-14-15-16-17-18(19)20;2*8-4-1-7(2-5-9)3-6-10/h9-10H,2-8,11-17H2,1H3,(H,19,20);2*8-10H,1-6H2/b10-9-;;. The number of aliphatic carboxylic acids is 1. The van der Waals surface area contributed by atoms with Gasteiger partial charge < -0.3 is 35.7 Å². The van der Waals surface area contributed by atoms with E-state index in [1.807, 2.05) is 0 Å². The molecule has 0 aliphatic heterocycles. The van der Waals surface area contributed by atoms with Crippen molar-refractivity contribution in [1.29, 1.82) is 0 Å². The van der Waals surface area contributed by atoms with E-state index in [1.54, 1.807) is 9.80 Å². The molecule has 7 N–H and O–H groups in total. The van der Waals surface area contributed by atoms with Gasteiger partial charge in [0.05, 0.1) is 39.6 Å². The zero-order valence-corrected chi connectivity index (χ0v) is 25.5. The number of allylic oxidation sites excluding steroid dienone is 2. The molecule has 0 aliphatic rings. The molecule has 40 heavy (non-hydrogen) atoms. The third-order valence-electron chi connectivity index (χ3n) is 6.15. The summed E-state index contributed by atoms with van der Waals surface area (Å²) in [6, 6.07) is 0. The van der Waals surface area contributed by atoms with Crippen LogP contribution in [0.3, 0.4) is 0 Å². The molecule has 0 aromatic rings. The van der Waals surface area contributed by atoms with Crippen molar-refractivity contribution in [3.05, 3.63) is 12.2 Å². The monoisotopic (exact) mass is 580 g/mol. The molecule has 0 bridgehead atoms. The van der Waals surface area contributed by atoms with Crippen LogP contribution >= 0.6 is 0 Å². The van der Waals surface area contributed by atoms with Crippen molar-refractivity contribution in [3.63, 3.8) is 0 Å². The Morgan fingerprint density at radius 3 is 1.10 bits per heavy atom. The van der Waals surface area contributed by atoms with Crippen molar-refractivity contribution in [2.24, 2.45) is 0 Å². The number of aliphatic hydroxyl groups is 6. The van der Waals surface area contributed by atoms with Crippen molar-refractivity contribution in [3.8, 4) is 0 Å². The number of hydrogen-bond acceptors (Lipinski definition) is 9. The van der Waals surface area contributed by atoms with E-state index >= 15 is 0 Å². The van der Waals surface area contributed by atoms with Crippen LogP contribution in [0.15, 0.2) is 12.2 Å². The molecule has 242 valence electrons. The number of unbranched alkanes of at least 4 members (excludes halogenated alkanes) is 11. The minimum atomic E-state index is -0.664. The second-order valence-corrected chi connectivity index (χ2v) is 9.75. The largest absolute Gasteiger partial charge is 0.481 e. The lowest BCUT2D eigenvalue weighted by Crippen LogP contribution is -2.32. The molecule has 0 saturated carbocycles. The van der Waals surface area contributed by atoms with Crippen LogP contribution in [0, 0.1) is 0 Å². The van der Waals surface area contributed by atoms with Crippen LogP contribution in [0.2, 0.25) is 0 Å². The Bertz CT molecular complexity index is 452. The van der Waals surface area contributed by atoms with E-state index in [9.17, 15) is 4.79 Å². The molecular weight excluding hydrogens is 516 g/mol. The van der Waals surface area contributed by atoms with Gasteiger partial charge in [-0.3, -0.25) is 14.6 Å². The van der Waals surface area contributed by atoms with Crippen LogP contribution in [0.4, 0.5) is 0 Å². The van der Waals surface area contributed by atoms with Gasteiger partial charge in [-0.1, -0.05) is 70.4 Å². The van der Waals surface area contributed by atoms with Crippen molar-refractivity contribution in [2.75, 3.05) is 78.9 Å². The Labute approximate surface area is 244 Å². The van der Waals surface area contributed by atoms with Crippen LogP contribution in [0.5, 0.6) is 0 Å². The summed E-state index contributed by atoms with van der Waals surface area (Å²) >= 11 is 0. The molecule has 0 saturated heterocycles. The highest BCUT2D eigenvalue weighted by Gasteiger charge is 2.01. The first-order valence-corrected chi connectivity index (χ1v) is 15.4. The minimum absolute atomic E-state index is 0.0694. The molecule has 0 rings (SSSR count). The maximum Gasteiger partial charge on any atom is 0.303 e. The average molecular weight is 581 g/mol. The normalized spacial score (nSPS) is 11.0. The topological polar surface area (TPSA) is 165 Å². The lowest BCUT2D eigenvalue weighted by molar-refractivity contribution is -0.137. The van der Waals surface area contributed by atoms with Gasteiger partial charge in [-0.15, -0.1) is 0 Å². The first-order chi connectivity index (χ1) is 19.5. The van der Waals surface area contributed by atoms with Gasteiger partial charge >= 0.3 is 5.97 Å². The van der Waals surface area contributed by atoms with E-state index in [-0.39, 0.29) is 39.6 Å². The summed E-state index contributed by atoms with van der Waals surface area (Å²) in [6.45, 7) is 5.77. The van der Waals surface area contributed by atoms with E-state index in [1.165, 1.54) is 70.6 Å². The van der Waals surface area contributed by atoms with Crippen molar-refractivity contribution >= 4 is 5.97 Å². The fourth-order valence-corrected chi connectivity index (χ4v) is 3.87. The fraction of sp³-hybridized carbons (Fsp3) is 0.900. The zero-order chi connectivity index (χ0) is 30.5. The summed E-state index contributed by atoms with van der Waals surface area (Å²) in [5, 5.41) is 59.4. The van der Waals surface area contributed by atoms with Gasteiger partial charge in [-0.25, -0.2) is 0 Å². The SMILES string of the molecule is CCCCCCCC/C=C\CCCCCCCC(=O)O.OCCN(CCO)CCO.OCCN(CCO)CCO. The van der Waals surface area contributed by atoms with E-state index in [0.717, 1.165) is 12.8 Å². The summed E-state index contributed by atoms with van der Waals surface area (Å²) in [5.74, 6) is -0.664. The van der Waals surface area contributed by atoms with Gasteiger partial charge in [-0.05, 0) is 32.1 Å². The van der Waals surface area contributed by atoms with Crippen LogP contribution in [0.25, 0.3) is 0 Å². The van der Waals surface area contributed by atoms with E-state index < -0.39 is 5.97 Å². The smallest absolute Gasteiger partial charge is 0.303 e. The number of carbonyl (C=O) groups is 1. The lowest BCUT2D eigenvalue weighted by atomic mass is 10.1. The van der Waals surface area contributed by atoms with Crippen LogP contribution in [-0.2, 0) is 4.79 Å². The Morgan fingerprint density at radius 2 is 0.800 bits per heavy atom. The molecule has 0 heterocycles. The highest BCUT2D eigenvalue weighted by atomic mass is 16.4. The van der Waals surface area contributed by atoms with E-state index in [2.05, 4.69) is 19.1 Å². The molecule has 0 amide bonds. The Hall–Kier alpha value is -1.11. The van der Waals surface area contributed by atoms with Crippen molar-refractivity contribution in [1.82, 2.24) is 9.80 Å². The predicted molar refractivity (Wildman–Crippen MR) is 162 cm³/mol. The number of rotatable bonds is 27. The summed E-state index contributed by atoms with van der Waals surface area (Å²) < 4.78 is 0. The molecule has 0 radical (unpaired) electrons. The first kappa shape index (κ1) is 43.3. The molecule has 10 heteroatoms. The first-order valence-electron chi connectivity index (χ1n) is 15.4. The summed E-state index contributed by atoms with van der Waals surface area (Å²) in [7, 11) is 0. The van der Waals surface area contributed by atoms with Crippen molar-refractivity contribution in [2.45, 2.75) is 96.8 Å². The number of hydrogen-bond donors (Lipinski definition) is 7. The lowest BCUT2D eigenvalue weighted by Gasteiger charge is -2.17. The highest BCUT2D eigenvalue weighted by Crippen LogP contribution is 2.09. The minimum Gasteiger partial charge on any atom is -0.481 e. The van der Waals surface area contributed by atoms with Gasteiger partial charge in [0.15, 0.2) is 0 Å². The second-order valence-electron chi connectivity index (χ2n) is 9.75. The molecule has 10 nitrogen and oxygen atoms in total. The third kappa shape index (κ3) is 41.4. The maximum atomic E-state index is 10.3. The third-order valence-corrected chi connectivity index (χ3v) is 6.15. The Balaban J connectivity index is -0.000000573. The molecule has 0 aromatic carbocycles. The second kappa shape index (κ2) is 40.0. The fourth-order valence-electron chi connectivity index (χ4n) is 3.87. The van der Waals surface area contributed by atoms with Crippen LogP contribution < -0.4 is 0 Å².